The number of aliphatic carboxylic acids is 1. The van der Waals surface area contributed by atoms with E-state index in [2.05, 4.69) is 0 Å². The zero-order valence-corrected chi connectivity index (χ0v) is 11.8. The highest BCUT2D eigenvalue weighted by Crippen LogP contribution is 2.17. The van der Waals surface area contributed by atoms with Crippen molar-refractivity contribution in [2.24, 2.45) is 0 Å². The van der Waals surface area contributed by atoms with Crippen LogP contribution < -0.4 is 4.74 Å². The van der Waals surface area contributed by atoms with E-state index in [0.29, 0.717) is 16.9 Å². The summed E-state index contributed by atoms with van der Waals surface area (Å²) in [6, 6.07) is 15.2. The minimum absolute atomic E-state index is 0.103. The Balaban J connectivity index is 2.12. The number of hydrogen-bond donors (Lipinski definition) is 1. The third kappa shape index (κ3) is 3.83. The third-order valence-electron chi connectivity index (χ3n) is 2.85. The molecule has 0 saturated heterocycles. The fraction of sp³-hybridized carbons (Fsp3) is 0.125. The van der Waals surface area contributed by atoms with Gasteiger partial charge in [-0.1, -0.05) is 30.3 Å². The lowest BCUT2D eigenvalue weighted by atomic mass is 10.0. The van der Waals surface area contributed by atoms with Gasteiger partial charge in [0.25, 0.3) is 0 Å². The number of carbonyl (C=O) groups excluding carboxylic acids is 1. The second-order valence-electron chi connectivity index (χ2n) is 4.32. The Bertz CT molecular complexity index is 622. The van der Waals surface area contributed by atoms with Crippen LogP contribution in [0.1, 0.15) is 15.9 Å². The van der Waals surface area contributed by atoms with Crippen LogP contribution in [0.2, 0.25) is 0 Å². The first-order chi connectivity index (χ1) is 10.1. The van der Waals surface area contributed by atoms with Crippen molar-refractivity contribution in [2.45, 2.75) is 6.10 Å². The Hall–Kier alpha value is -2.33. The molecule has 1 N–H and O–H groups in total. The molecule has 108 valence electrons. The van der Waals surface area contributed by atoms with E-state index < -0.39 is 12.1 Å². The lowest BCUT2D eigenvalue weighted by molar-refractivity contribution is -0.144. The van der Waals surface area contributed by atoms with Gasteiger partial charge in [0.2, 0.25) is 6.10 Å². The number of hydrogen-bond acceptors (Lipinski definition) is 3. The normalized spacial score (nSPS) is 11.7. The quantitative estimate of drug-likeness (QED) is 0.658. The summed E-state index contributed by atoms with van der Waals surface area (Å²) in [7, 11) is 0. The largest absolute Gasteiger partial charge is 0.478 e. The SMILES string of the molecule is O=C(c1ccccc1)c1ccc(OC(CCl)C(=O)O)cc1. The predicted molar refractivity (Wildman–Crippen MR) is 79.1 cm³/mol. The molecule has 0 radical (unpaired) electrons. The van der Waals surface area contributed by atoms with Gasteiger partial charge >= 0.3 is 5.97 Å². The maximum absolute atomic E-state index is 12.2. The predicted octanol–water partition coefficient (Wildman–Crippen LogP) is 2.99. The van der Waals surface area contributed by atoms with Crippen LogP contribution in [0.3, 0.4) is 0 Å². The number of carboxylic acids is 1. The Morgan fingerprint density at radius 2 is 1.57 bits per heavy atom. The number of carbonyl (C=O) groups is 2. The summed E-state index contributed by atoms with van der Waals surface area (Å²) < 4.78 is 5.22. The van der Waals surface area contributed by atoms with E-state index in [1.54, 1.807) is 48.5 Å². The Kier molecular flexibility index (Phi) is 4.95. The first kappa shape index (κ1) is 15.1. The summed E-state index contributed by atoms with van der Waals surface area (Å²) in [6.45, 7) is 0. The summed E-state index contributed by atoms with van der Waals surface area (Å²) in [6.07, 6.45) is -1.11. The summed E-state index contributed by atoms with van der Waals surface area (Å²) in [5, 5.41) is 8.86. The van der Waals surface area contributed by atoms with E-state index in [0.717, 1.165) is 0 Å². The number of rotatable bonds is 6. The van der Waals surface area contributed by atoms with Crippen LogP contribution in [-0.4, -0.2) is 28.8 Å². The monoisotopic (exact) mass is 304 g/mol. The van der Waals surface area contributed by atoms with Crippen LogP contribution >= 0.6 is 11.6 Å². The second kappa shape index (κ2) is 6.90. The molecule has 0 fully saturated rings. The molecule has 0 amide bonds. The molecule has 2 aromatic rings. The number of benzene rings is 2. The van der Waals surface area contributed by atoms with Crippen LogP contribution in [0.5, 0.6) is 5.75 Å². The molecule has 0 aliphatic rings. The van der Waals surface area contributed by atoms with Gasteiger partial charge in [-0.3, -0.25) is 4.79 Å². The minimum atomic E-state index is -1.13. The fourth-order valence-electron chi connectivity index (χ4n) is 1.75. The first-order valence-corrected chi connectivity index (χ1v) is 6.80. The fourth-order valence-corrected chi connectivity index (χ4v) is 1.95. The van der Waals surface area contributed by atoms with Crippen LogP contribution in [0, 0.1) is 0 Å². The number of halogens is 1. The smallest absolute Gasteiger partial charge is 0.346 e. The molecule has 0 aliphatic heterocycles. The highest BCUT2D eigenvalue weighted by atomic mass is 35.5. The Morgan fingerprint density at radius 3 is 2.10 bits per heavy atom. The molecular weight excluding hydrogens is 292 g/mol. The molecule has 1 unspecified atom stereocenters. The summed E-state index contributed by atoms with van der Waals surface area (Å²) >= 11 is 5.51. The summed E-state index contributed by atoms with van der Waals surface area (Å²) in [4.78, 5) is 23.0. The van der Waals surface area contributed by atoms with Gasteiger partial charge in [0.05, 0.1) is 5.88 Å². The van der Waals surface area contributed by atoms with Crippen LogP contribution in [-0.2, 0) is 4.79 Å². The second-order valence-corrected chi connectivity index (χ2v) is 4.63. The van der Waals surface area contributed by atoms with Gasteiger partial charge in [-0.25, -0.2) is 4.79 Å². The molecule has 0 aliphatic carbocycles. The third-order valence-corrected chi connectivity index (χ3v) is 3.13. The maximum atomic E-state index is 12.2. The molecule has 4 nitrogen and oxygen atoms in total. The van der Waals surface area contributed by atoms with Gasteiger partial charge in [0.1, 0.15) is 5.75 Å². The molecule has 0 spiro atoms. The minimum Gasteiger partial charge on any atom is -0.478 e. The van der Waals surface area contributed by atoms with Crippen LogP contribution in [0.15, 0.2) is 54.6 Å². The highest BCUT2D eigenvalue weighted by Gasteiger charge is 2.18. The Morgan fingerprint density at radius 1 is 1.00 bits per heavy atom. The van der Waals surface area contributed by atoms with Gasteiger partial charge in [-0.2, -0.15) is 0 Å². The molecule has 0 saturated carbocycles. The lowest BCUT2D eigenvalue weighted by Crippen LogP contribution is -2.28. The van der Waals surface area contributed by atoms with Gasteiger partial charge in [-0.15, -0.1) is 11.6 Å². The topological polar surface area (TPSA) is 63.6 Å². The van der Waals surface area contributed by atoms with Crippen LogP contribution in [0.4, 0.5) is 0 Å². The number of ether oxygens (including phenoxy) is 1. The maximum Gasteiger partial charge on any atom is 0.346 e. The van der Waals surface area contributed by atoms with E-state index in [9.17, 15) is 9.59 Å². The van der Waals surface area contributed by atoms with Gasteiger partial charge in [0.15, 0.2) is 5.78 Å². The van der Waals surface area contributed by atoms with E-state index in [1.165, 1.54) is 0 Å². The lowest BCUT2D eigenvalue weighted by Gasteiger charge is -2.12. The van der Waals surface area contributed by atoms with E-state index in [1.807, 2.05) is 6.07 Å². The average molecular weight is 305 g/mol. The average Bonchev–Trinajstić information content (AvgIpc) is 2.53. The molecule has 1 atom stereocenters. The molecule has 21 heavy (non-hydrogen) atoms. The van der Waals surface area contributed by atoms with Crippen molar-refractivity contribution in [2.75, 3.05) is 5.88 Å². The van der Waals surface area contributed by atoms with E-state index in [4.69, 9.17) is 21.4 Å². The Labute approximate surface area is 126 Å². The van der Waals surface area contributed by atoms with E-state index >= 15 is 0 Å². The molecule has 0 heterocycles. The van der Waals surface area contributed by atoms with Crippen molar-refractivity contribution in [1.29, 1.82) is 0 Å². The molecule has 0 aromatic heterocycles. The zero-order chi connectivity index (χ0) is 15.2. The first-order valence-electron chi connectivity index (χ1n) is 6.27. The molecule has 5 heteroatoms. The van der Waals surface area contributed by atoms with Crippen molar-refractivity contribution in [3.05, 3.63) is 65.7 Å². The number of alkyl halides is 1. The van der Waals surface area contributed by atoms with Crippen molar-refractivity contribution in [1.82, 2.24) is 0 Å². The zero-order valence-electron chi connectivity index (χ0n) is 11.0. The summed E-state index contributed by atoms with van der Waals surface area (Å²) in [5.41, 5.74) is 1.10. The van der Waals surface area contributed by atoms with Crippen molar-refractivity contribution in [3.8, 4) is 5.75 Å². The van der Waals surface area contributed by atoms with E-state index in [-0.39, 0.29) is 11.7 Å². The molecule has 2 rings (SSSR count). The van der Waals surface area contributed by atoms with Gasteiger partial charge < -0.3 is 9.84 Å². The number of ketones is 1. The van der Waals surface area contributed by atoms with Gasteiger partial charge in [0, 0.05) is 11.1 Å². The molecular formula is C16H13ClO4. The van der Waals surface area contributed by atoms with Crippen molar-refractivity contribution >= 4 is 23.4 Å². The summed E-state index contributed by atoms with van der Waals surface area (Å²) in [5.74, 6) is -1.03. The van der Waals surface area contributed by atoms with Crippen LogP contribution in [0.25, 0.3) is 0 Å². The molecule has 0 bridgehead atoms. The molecule has 2 aromatic carbocycles. The van der Waals surface area contributed by atoms with Crippen molar-refractivity contribution in [3.63, 3.8) is 0 Å². The standard InChI is InChI=1S/C16H13ClO4/c17-10-14(16(19)20)21-13-8-6-12(7-9-13)15(18)11-4-2-1-3-5-11/h1-9,14H,10H2,(H,19,20). The van der Waals surface area contributed by atoms with Gasteiger partial charge in [-0.05, 0) is 24.3 Å². The highest BCUT2D eigenvalue weighted by molar-refractivity contribution is 6.19. The van der Waals surface area contributed by atoms with Crippen molar-refractivity contribution < 1.29 is 19.4 Å². The number of carboxylic acid groups (broad SMARTS) is 1.